The Balaban J connectivity index is 2.80. The number of phenolic OH excluding ortho intramolecular Hbond substituents is 2. The average Bonchev–Trinajstić information content (AvgIpc) is 2.19. The van der Waals surface area contributed by atoms with Gasteiger partial charge in [-0.25, -0.2) is 0 Å². The summed E-state index contributed by atoms with van der Waals surface area (Å²) in [5.41, 5.74) is 0.868. The number of carbonyl (C=O) groups excluding carboxylic acids is 1. The van der Waals surface area contributed by atoms with Gasteiger partial charge in [0, 0.05) is 5.92 Å². The van der Waals surface area contributed by atoms with Crippen LogP contribution in [0.5, 0.6) is 11.5 Å². The lowest BCUT2D eigenvalue weighted by Gasteiger charge is -2.11. The van der Waals surface area contributed by atoms with Gasteiger partial charge in [-0.2, -0.15) is 0 Å². The van der Waals surface area contributed by atoms with E-state index in [2.05, 4.69) is 0 Å². The lowest BCUT2D eigenvalue weighted by molar-refractivity contribution is -0.120. The number of benzene rings is 1. The molecule has 0 aliphatic heterocycles. The molecule has 1 atom stereocenters. The third kappa shape index (κ3) is 2.98. The fourth-order valence-corrected chi connectivity index (χ4v) is 1.56. The van der Waals surface area contributed by atoms with E-state index in [4.69, 9.17) is 5.11 Å². The van der Waals surface area contributed by atoms with E-state index < -0.39 is 0 Å². The van der Waals surface area contributed by atoms with Crippen LogP contribution in [0.3, 0.4) is 0 Å². The number of ketones is 1. The molecule has 1 rings (SSSR count). The highest BCUT2D eigenvalue weighted by molar-refractivity contribution is 5.78. The van der Waals surface area contributed by atoms with Crippen molar-refractivity contribution in [2.24, 2.45) is 5.92 Å². The van der Waals surface area contributed by atoms with Crippen molar-refractivity contribution in [1.29, 1.82) is 0 Å². The molecule has 0 saturated carbocycles. The third-order valence-corrected chi connectivity index (χ3v) is 2.59. The van der Waals surface area contributed by atoms with E-state index >= 15 is 0 Å². The minimum atomic E-state index is -0.133. The summed E-state index contributed by atoms with van der Waals surface area (Å²) in [6, 6.07) is 4.67. The molecule has 15 heavy (non-hydrogen) atoms. The van der Waals surface area contributed by atoms with Crippen LogP contribution in [0, 0.1) is 5.92 Å². The molecule has 1 aromatic carbocycles. The second-order valence-electron chi connectivity index (χ2n) is 3.74. The Kier molecular flexibility index (Phi) is 3.72. The van der Waals surface area contributed by atoms with Crippen molar-refractivity contribution in [3.63, 3.8) is 0 Å². The van der Waals surface area contributed by atoms with Gasteiger partial charge >= 0.3 is 0 Å². The van der Waals surface area contributed by atoms with Crippen LogP contribution in [0.2, 0.25) is 0 Å². The SMILES string of the molecule is CCC(Cc1ccc(O)c(O)c1)C(C)=O. The first kappa shape index (κ1) is 11.6. The van der Waals surface area contributed by atoms with Crippen LogP contribution in [0.15, 0.2) is 18.2 Å². The topological polar surface area (TPSA) is 57.5 Å². The Morgan fingerprint density at radius 1 is 1.33 bits per heavy atom. The van der Waals surface area contributed by atoms with Gasteiger partial charge in [-0.05, 0) is 37.5 Å². The lowest BCUT2D eigenvalue weighted by atomic mass is 9.93. The standard InChI is InChI=1S/C12H16O3/c1-3-10(8(2)13)6-9-4-5-11(14)12(15)7-9/h4-5,7,10,14-15H,3,6H2,1-2H3. The molecule has 1 aromatic rings. The van der Waals surface area contributed by atoms with Crippen molar-refractivity contribution < 1.29 is 15.0 Å². The molecule has 0 aromatic heterocycles. The van der Waals surface area contributed by atoms with Gasteiger partial charge in [0.1, 0.15) is 5.78 Å². The number of Topliss-reactive ketones (excluding diaryl/α,β-unsaturated/α-hetero) is 1. The van der Waals surface area contributed by atoms with E-state index in [1.165, 1.54) is 12.1 Å². The molecule has 0 bridgehead atoms. The van der Waals surface area contributed by atoms with Crippen LogP contribution in [0.4, 0.5) is 0 Å². The van der Waals surface area contributed by atoms with Gasteiger partial charge in [0.2, 0.25) is 0 Å². The first-order valence-corrected chi connectivity index (χ1v) is 5.06. The summed E-state index contributed by atoms with van der Waals surface area (Å²) in [5, 5.41) is 18.4. The smallest absolute Gasteiger partial charge is 0.157 e. The highest BCUT2D eigenvalue weighted by Crippen LogP contribution is 2.26. The number of phenols is 2. The van der Waals surface area contributed by atoms with Gasteiger partial charge in [-0.3, -0.25) is 4.79 Å². The molecule has 3 heteroatoms. The van der Waals surface area contributed by atoms with E-state index in [1.54, 1.807) is 13.0 Å². The monoisotopic (exact) mass is 208 g/mol. The van der Waals surface area contributed by atoms with Crippen molar-refractivity contribution in [3.8, 4) is 11.5 Å². The fraction of sp³-hybridized carbons (Fsp3) is 0.417. The average molecular weight is 208 g/mol. The van der Waals surface area contributed by atoms with Gasteiger partial charge in [-0.15, -0.1) is 0 Å². The van der Waals surface area contributed by atoms with Crippen molar-refractivity contribution >= 4 is 5.78 Å². The van der Waals surface area contributed by atoms with Crippen LogP contribution in [0.1, 0.15) is 25.8 Å². The van der Waals surface area contributed by atoms with Crippen LogP contribution >= 0.6 is 0 Å². The molecule has 1 unspecified atom stereocenters. The molecule has 0 aliphatic rings. The van der Waals surface area contributed by atoms with Gasteiger partial charge in [0.15, 0.2) is 11.5 Å². The highest BCUT2D eigenvalue weighted by Gasteiger charge is 2.13. The Morgan fingerprint density at radius 2 is 2.00 bits per heavy atom. The van der Waals surface area contributed by atoms with E-state index in [9.17, 15) is 9.90 Å². The van der Waals surface area contributed by atoms with Gasteiger partial charge in [0.25, 0.3) is 0 Å². The number of hydrogen-bond acceptors (Lipinski definition) is 3. The van der Waals surface area contributed by atoms with Gasteiger partial charge in [0.05, 0.1) is 0 Å². The summed E-state index contributed by atoms with van der Waals surface area (Å²) in [6.07, 6.45) is 1.40. The maximum absolute atomic E-state index is 11.2. The predicted octanol–water partition coefficient (Wildman–Crippen LogP) is 2.26. The van der Waals surface area contributed by atoms with Crippen LogP contribution < -0.4 is 0 Å². The second kappa shape index (κ2) is 4.82. The Morgan fingerprint density at radius 3 is 2.47 bits per heavy atom. The zero-order valence-corrected chi connectivity index (χ0v) is 9.03. The Labute approximate surface area is 89.4 Å². The summed E-state index contributed by atoms with van der Waals surface area (Å²) in [5.74, 6) is -0.112. The quantitative estimate of drug-likeness (QED) is 0.746. The number of carbonyl (C=O) groups is 1. The summed E-state index contributed by atoms with van der Waals surface area (Å²) in [4.78, 5) is 11.2. The van der Waals surface area contributed by atoms with Gasteiger partial charge < -0.3 is 10.2 Å². The molecule has 0 saturated heterocycles. The maximum atomic E-state index is 11.2. The lowest BCUT2D eigenvalue weighted by Crippen LogP contribution is -2.12. The van der Waals surface area contributed by atoms with E-state index in [1.807, 2.05) is 6.92 Å². The summed E-state index contributed by atoms with van der Waals surface area (Å²) >= 11 is 0. The Bertz CT molecular complexity index is 358. The van der Waals surface area contributed by atoms with Crippen LogP contribution in [-0.4, -0.2) is 16.0 Å². The molecule has 0 radical (unpaired) electrons. The molecule has 82 valence electrons. The molecule has 0 spiro atoms. The molecular formula is C12H16O3. The van der Waals surface area contributed by atoms with E-state index in [-0.39, 0.29) is 23.2 Å². The highest BCUT2D eigenvalue weighted by atomic mass is 16.3. The fourth-order valence-electron chi connectivity index (χ4n) is 1.56. The maximum Gasteiger partial charge on any atom is 0.157 e. The minimum Gasteiger partial charge on any atom is -0.504 e. The van der Waals surface area contributed by atoms with Crippen molar-refractivity contribution in [2.45, 2.75) is 26.7 Å². The zero-order chi connectivity index (χ0) is 11.4. The van der Waals surface area contributed by atoms with Crippen molar-refractivity contribution in [1.82, 2.24) is 0 Å². The van der Waals surface area contributed by atoms with Crippen molar-refractivity contribution in [3.05, 3.63) is 23.8 Å². The van der Waals surface area contributed by atoms with Crippen LogP contribution in [-0.2, 0) is 11.2 Å². The molecule has 0 fully saturated rings. The van der Waals surface area contributed by atoms with Gasteiger partial charge in [-0.1, -0.05) is 13.0 Å². The van der Waals surface area contributed by atoms with E-state index in [0.717, 1.165) is 12.0 Å². The summed E-state index contributed by atoms with van der Waals surface area (Å²) in [6.45, 7) is 3.54. The normalized spacial score (nSPS) is 12.4. The minimum absolute atomic E-state index is 0.00561. The van der Waals surface area contributed by atoms with Crippen molar-refractivity contribution in [2.75, 3.05) is 0 Å². The van der Waals surface area contributed by atoms with Crippen LogP contribution in [0.25, 0.3) is 0 Å². The first-order valence-electron chi connectivity index (χ1n) is 5.06. The predicted molar refractivity (Wildman–Crippen MR) is 57.9 cm³/mol. The summed E-state index contributed by atoms with van der Waals surface area (Å²) < 4.78 is 0. The number of rotatable bonds is 4. The molecule has 0 aliphatic carbocycles. The Hall–Kier alpha value is -1.51. The zero-order valence-electron chi connectivity index (χ0n) is 9.03. The first-order chi connectivity index (χ1) is 7.04. The summed E-state index contributed by atoms with van der Waals surface area (Å²) in [7, 11) is 0. The molecule has 0 heterocycles. The molecular weight excluding hydrogens is 192 g/mol. The molecule has 3 nitrogen and oxygen atoms in total. The molecule has 0 amide bonds. The number of aromatic hydroxyl groups is 2. The number of hydrogen-bond donors (Lipinski definition) is 2. The second-order valence-corrected chi connectivity index (χ2v) is 3.74. The molecule has 2 N–H and O–H groups in total. The largest absolute Gasteiger partial charge is 0.504 e. The third-order valence-electron chi connectivity index (χ3n) is 2.59. The van der Waals surface area contributed by atoms with E-state index in [0.29, 0.717) is 6.42 Å².